The maximum Gasteiger partial charge on any atom is 0.336 e. The van der Waals surface area contributed by atoms with Crippen LogP contribution in [0.1, 0.15) is 39.9 Å². The smallest absolute Gasteiger partial charge is 0.336 e. The fourth-order valence-corrected chi connectivity index (χ4v) is 3.59. The quantitative estimate of drug-likeness (QED) is 0.803. The summed E-state index contributed by atoms with van der Waals surface area (Å²) in [5, 5.41) is 15.1. The first-order valence-corrected chi connectivity index (χ1v) is 8.01. The molecule has 0 atom stereocenters. The fourth-order valence-electron chi connectivity index (χ4n) is 3.59. The maximum absolute atomic E-state index is 11.7. The summed E-state index contributed by atoms with van der Waals surface area (Å²) in [5.74, 6) is -0.857. The Morgan fingerprint density at radius 2 is 1.96 bits per heavy atom. The first-order chi connectivity index (χ1) is 11.2. The van der Waals surface area contributed by atoms with Gasteiger partial charge in [-0.05, 0) is 54.5 Å². The molecule has 0 spiro atoms. The number of aromatic nitrogens is 2. The van der Waals surface area contributed by atoms with E-state index in [0.29, 0.717) is 12.1 Å². The van der Waals surface area contributed by atoms with E-state index in [-0.39, 0.29) is 0 Å². The Bertz CT molecular complexity index is 896. The van der Waals surface area contributed by atoms with Gasteiger partial charge in [0.1, 0.15) is 0 Å². The van der Waals surface area contributed by atoms with Gasteiger partial charge in [0.05, 0.1) is 23.8 Å². The fraction of sp³-hybridized carbons (Fsp3) is 0.263. The minimum atomic E-state index is -0.857. The monoisotopic (exact) mass is 306 g/mol. The van der Waals surface area contributed by atoms with Crippen LogP contribution in [-0.4, -0.2) is 20.9 Å². The van der Waals surface area contributed by atoms with E-state index >= 15 is 0 Å². The lowest BCUT2D eigenvalue weighted by molar-refractivity contribution is 0.0695. The molecule has 1 N–H and O–H groups in total. The molecule has 4 nitrogen and oxygen atoms in total. The summed E-state index contributed by atoms with van der Waals surface area (Å²) in [4.78, 5) is 11.7. The number of benzene rings is 2. The minimum Gasteiger partial charge on any atom is -0.478 e. The zero-order valence-electron chi connectivity index (χ0n) is 12.8. The zero-order chi connectivity index (χ0) is 15.8. The van der Waals surface area contributed by atoms with E-state index in [2.05, 4.69) is 5.10 Å². The third-order valence-corrected chi connectivity index (χ3v) is 4.74. The highest BCUT2D eigenvalue weighted by atomic mass is 16.4. The van der Waals surface area contributed by atoms with E-state index in [1.54, 1.807) is 6.07 Å². The van der Waals surface area contributed by atoms with Crippen LogP contribution < -0.4 is 0 Å². The van der Waals surface area contributed by atoms with Gasteiger partial charge in [-0.1, -0.05) is 24.3 Å². The number of aromatic carboxylic acids is 1. The Labute approximate surface area is 134 Å². The van der Waals surface area contributed by atoms with Crippen molar-refractivity contribution >= 4 is 16.9 Å². The Morgan fingerprint density at radius 3 is 2.83 bits per heavy atom. The number of carbonyl (C=O) groups is 1. The molecule has 0 bridgehead atoms. The summed E-state index contributed by atoms with van der Waals surface area (Å²) in [6.07, 6.45) is 6.16. The van der Waals surface area contributed by atoms with Crippen molar-refractivity contribution in [1.82, 2.24) is 9.78 Å². The molecule has 0 fully saturated rings. The number of carboxylic acid groups (broad SMARTS) is 1. The van der Waals surface area contributed by atoms with Gasteiger partial charge in [-0.3, -0.25) is 4.68 Å². The van der Waals surface area contributed by atoms with E-state index in [9.17, 15) is 9.90 Å². The maximum atomic E-state index is 11.7. The topological polar surface area (TPSA) is 55.1 Å². The van der Waals surface area contributed by atoms with Crippen LogP contribution in [0.5, 0.6) is 0 Å². The van der Waals surface area contributed by atoms with Crippen LogP contribution in [0.15, 0.2) is 42.6 Å². The van der Waals surface area contributed by atoms with Crippen molar-refractivity contribution in [3.63, 3.8) is 0 Å². The van der Waals surface area contributed by atoms with Crippen molar-refractivity contribution in [1.29, 1.82) is 0 Å². The van der Waals surface area contributed by atoms with Gasteiger partial charge in [-0.2, -0.15) is 5.10 Å². The molecule has 4 heteroatoms. The minimum absolute atomic E-state index is 0.408. The number of rotatable bonds is 3. The van der Waals surface area contributed by atoms with Crippen molar-refractivity contribution in [3.05, 3.63) is 64.8 Å². The van der Waals surface area contributed by atoms with E-state index < -0.39 is 5.97 Å². The van der Waals surface area contributed by atoms with Crippen molar-refractivity contribution < 1.29 is 9.90 Å². The molecule has 0 aliphatic heterocycles. The number of hydrogen-bond acceptors (Lipinski definition) is 2. The molecule has 4 rings (SSSR count). The second-order valence-electron chi connectivity index (χ2n) is 6.10. The van der Waals surface area contributed by atoms with E-state index in [0.717, 1.165) is 35.7 Å². The number of aryl methyl sites for hydroxylation is 1. The molecule has 0 amide bonds. The highest BCUT2D eigenvalue weighted by molar-refractivity contribution is 5.90. The van der Waals surface area contributed by atoms with Crippen LogP contribution in [0.2, 0.25) is 0 Å². The average molecular weight is 306 g/mol. The first kappa shape index (κ1) is 14.0. The Hall–Kier alpha value is -2.62. The van der Waals surface area contributed by atoms with Crippen molar-refractivity contribution in [2.24, 2.45) is 0 Å². The number of nitrogens with zero attached hydrogens (tertiary/aromatic N) is 2. The van der Waals surface area contributed by atoms with Crippen LogP contribution in [-0.2, 0) is 19.4 Å². The molecule has 0 saturated carbocycles. The van der Waals surface area contributed by atoms with Gasteiger partial charge in [0, 0.05) is 5.39 Å². The summed E-state index contributed by atoms with van der Waals surface area (Å²) in [7, 11) is 0. The summed E-state index contributed by atoms with van der Waals surface area (Å²) >= 11 is 0. The number of carboxylic acids is 1. The second kappa shape index (κ2) is 5.54. The normalized spacial score (nSPS) is 13.9. The summed E-state index contributed by atoms with van der Waals surface area (Å²) in [5.41, 5.74) is 4.88. The highest BCUT2D eigenvalue weighted by Crippen LogP contribution is 2.28. The lowest BCUT2D eigenvalue weighted by Gasteiger charge is -2.21. The van der Waals surface area contributed by atoms with Crippen LogP contribution in [0, 0.1) is 0 Å². The highest BCUT2D eigenvalue weighted by Gasteiger charge is 2.20. The van der Waals surface area contributed by atoms with E-state index in [4.69, 9.17) is 0 Å². The summed E-state index contributed by atoms with van der Waals surface area (Å²) in [6, 6.07) is 11.8. The van der Waals surface area contributed by atoms with Gasteiger partial charge < -0.3 is 5.11 Å². The first-order valence-electron chi connectivity index (χ1n) is 8.01. The molecule has 0 saturated heterocycles. The van der Waals surface area contributed by atoms with Gasteiger partial charge in [-0.15, -0.1) is 0 Å². The number of para-hydroxylation sites is 1. The molecule has 2 aromatic carbocycles. The predicted octanol–water partition coefficient (Wildman–Crippen LogP) is 3.66. The zero-order valence-corrected chi connectivity index (χ0v) is 12.8. The van der Waals surface area contributed by atoms with E-state index in [1.165, 1.54) is 17.5 Å². The molecule has 23 heavy (non-hydrogen) atoms. The lowest BCUT2D eigenvalue weighted by atomic mass is 9.86. The largest absolute Gasteiger partial charge is 0.478 e. The van der Waals surface area contributed by atoms with Crippen LogP contribution in [0.4, 0.5) is 0 Å². The molecule has 0 radical (unpaired) electrons. The molecule has 1 aromatic heterocycles. The standard InChI is InChI=1S/C19H18N2O2/c22-19(23)16-10-9-13-5-1-3-7-15(13)17(16)12-21-18-8-4-2-6-14(18)11-20-21/h2,4,6,8-11H,1,3,5,7,12H2,(H,22,23). The lowest BCUT2D eigenvalue weighted by Crippen LogP contribution is -2.15. The third-order valence-electron chi connectivity index (χ3n) is 4.74. The molecule has 116 valence electrons. The van der Waals surface area contributed by atoms with Gasteiger partial charge in [0.15, 0.2) is 0 Å². The van der Waals surface area contributed by atoms with Crippen LogP contribution in [0.3, 0.4) is 0 Å². The summed E-state index contributed by atoms with van der Waals surface area (Å²) < 4.78 is 1.91. The number of fused-ring (bicyclic) bond motifs is 2. The van der Waals surface area contributed by atoms with Gasteiger partial charge in [-0.25, -0.2) is 4.79 Å². The Kier molecular flexibility index (Phi) is 3.37. The molecule has 3 aromatic rings. The van der Waals surface area contributed by atoms with Gasteiger partial charge in [0.25, 0.3) is 0 Å². The second-order valence-corrected chi connectivity index (χ2v) is 6.10. The van der Waals surface area contributed by atoms with E-state index in [1.807, 2.05) is 41.2 Å². The molecular weight excluding hydrogens is 288 g/mol. The number of hydrogen-bond donors (Lipinski definition) is 1. The third kappa shape index (κ3) is 2.40. The van der Waals surface area contributed by atoms with Crippen molar-refractivity contribution in [2.45, 2.75) is 32.2 Å². The molecule has 0 unspecified atom stereocenters. The SMILES string of the molecule is O=C(O)c1ccc2c(c1Cn1ncc3ccccc31)CCCC2. The average Bonchev–Trinajstić information content (AvgIpc) is 2.98. The van der Waals surface area contributed by atoms with Crippen molar-refractivity contribution in [3.8, 4) is 0 Å². The summed E-state index contributed by atoms with van der Waals surface area (Å²) in [6.45, 7) is 0.512. The predicted molar refractivity (Wildman–Crippen MR) is 88.9 cm³/mol. The molecule has 1 heterocycles. The van der Waals surface area contributed by atoms with Crippen molar-refractivity contribution in [2.75, 3.05) is 0 Å². The Balaban J connectivity index is 1.85. The van der Waals surface area contributed by atoms with Crippen LogP contribution >= 0.6 is 0 Å². The molecule has 1 aliphatic rings. The Morgan fingerprint density at radius 1 is 1.13 bits per heavy atom. The van der Waals surface area contributed by atoms with Gasteiger partial charge >= 0.3 is 5.97 Å². The molecular formula is C19H18N2O2. The molecule has 1 aliphatic carbocycles. The van der Waals surface area contributed by atoms with Crippen LogP contribution in [0.25, 0.3) is 10.9 Å². The van der Waals surface area contributed by atoms with Gasteiger partial charge in [0.2, 0.25) is 0 Å².